The van der Waals surface area contributed by atoms with Gasteiger partial charge in [0.1, 0.15) is 5.75 Å². The fourth-order valence-electron chi connectivity index (χ4n) is 2.38. The van der Waals surface area contributed by atoms with Crippen LogP contribution < -0.4 is 4.74 Å². The molecule has 0 amide bonds. The number of fused-ring (bicyclic) bond motifs is 1. The molecule has 0 saturated heterocycles. The highest BCUT2D eigenvalue weighted by Gasteiger charge is 2.02. The molecule has 0 bridgehead atoms. The standard InChI is InChI=1S/C18H25NO/c1-3-4-13-19(2)14-8-15-20-18-12-7-10-16-9-5-6-11-17(16)18/h5-7,9-12H,3-4,8,13-15H2,1-2H3. The van der Waals surface area contributed by atoms with E-state index in [9.17, 15) is 0 Å². The van der Waals surface area contributed by atoms with Crippen LogP contribution in [0.1, 0.15) is 26.2 Å². The Labute approximate surface area is 122 Å². The van der Waals surface area contributed by atoms with Crippen LogP contribution >= 0.6 is 0 Å². The van der Waals surface area contributed by atoms with Crippen molar-refractivity contribution in [2.75, 3.05) is 26.7 Å². The third-order valence-corrected chi connectivity index (χ3v) is 3.58. The van der Waals surface area contributed by atoms with Gasteiger partial charge in [0.25, 0.3) is 0 Å². The van der Waals surface area contributed by atoms with Crippen molar-refractivity contribution in [2.45, 2.75) is 26.2 Å². The van der Waals surface area contributed by atoms with Crippen LogP contribution in [0.15, 0.2) is 42.5 Å². The van der Waals surface area contributed by atoms with Crippen LogP contribution in [0.25, 0.3) is 10.8 Å². The summed E-state index contributed by atoms with van der Waals surface area (Å²) in [5, 5.41) is 2.44. The molecule has 0 aliphatic heterocycles. The first-order valence-corrected chi connectivity index (χ1v) is 7.60. The molecule has 0 atom stereocenters. The van der Waals surface area contributed by atoms with Gasteiger partial charge in [-0.15, -0.1) is 0 Å². The Morgan fingerprint density at radius 3 is 2.55 bits per heavy atom. The van der Waals surface area contributed by atoms with Crippen molar-refractivity contribution in [3.63, 3.8) is 0 Å². The Hall–Kier alpha value is -1.54. The minimum atomic E-state index is 0.782. The minimum absolute atomic E-state index is 0.782. The molecule has 0 saturated carbocycles. The second kappa shape index (κ2) is 7.91. The third-order valence-electron chi connectivity index (χ3n) is 3.58. The summed E-state index contributed by atoms with van der Waals surface area (Å²) < 4.78 is 5.95. The maximum atomic E-state index is 5.95. The van der Waals surface area contributed by atoms with Crippen molar-refractivity contribution < 1.29 is 4.74 Å². The molecule has 0 heterocycles. The van der Waals surface area contributed by atoms with Crippen molar-refractivity contribution in [2.24, 2.45) is 0 Å². The van der Waals surface area contributed by atoms with Crippen LogP contribution in [0.2, 0.25) is 0 Å². The summed E-state index contributed by atoms with van der Waals surface area (Å²) in [7, 11) is 2.19. The largest absolute Gasteiger partial charge is 0.493 e. The second-order valence-corrected chi connectivity index (χ2v) is 5.34. The zero-order valence-electron chi connectivity index (χ0n) is 12.6. The number of benzene rings is 2. The normalized spacial score (nSPS) is 11.2. The number of hydrogen-bond donors (Lipinski definition) is 0. The first-order valence-electron chi connectivity index (χ1n) is 7.60. The van der Waals surface area contributed by atoms with E-state index in [1.807, 2.05) is 0 Å². The van der Waals surface area contributed by atoms with Gasteiger partial charge in [-0.25, -0.2) is 0 Å². The number of rotatable bonds is 8. The van der Waals surface area contributed by atoms with Crippen LogP contribution in [0.3, 0.4) is 0 Å². The Morgan fingerprint density at radius 2 is 1.70 bits per heavy atom. The summed E-state index contributed by atoms with van der Waals surface area (Å²) in [5.41, 5.74) is 0. The van der Waals surface area contributed by atoms with E-state index in [-0.39, 0.29) is 0 Å². The lowest BCUT2D eigenvalue weighted by Crippen LogP contribution is -2.22. The number of ether oxygens (including phenoxy) is 1. The summed E-state index contributed by atoms with van der Waals surface area (Å²) >= 11 is 0. The summed E-state index contributed by atoms with van der Waals surface area (Å²) in [5.74, 6) is 0.999. The van der Waals surface area contributed by atoms with E-state index in [4.69, 9.17) is 4.74 Å². The van der Waals surface area contributed by atoms with Crippen LogP contribution in [-0.4, -0.2) is 31.6 Å². The summed E-state index contributed by atoms with van der Waals surface area (Å²) in [6, 6.07) is 14.6. The van der Waals surface area contributed by atoms with Crippen LogP contribution in [0.4, 0.5) is 0 Å². The molecule has 0 unspecified atom stereocenters. The molecule has 0 spiro atoms. The molecule has 0 fully saturated rings. The second-order valence-electron chi connectivity index (χ2n) is 5.34. The van der Waals surface area contributed by atoms with Gasteiger partial charge in [-0.2, -0.15) is 0 Å². The van der Waals surface area contributed by atoms with Crippen LogP contribution in [0, 0.1) is 0 Å². The minimum Gasteiger partial charge on any atom is -0.493 e. The summed E-state index contributed by atoms with van der Waals surface area (Å²) in [6.45, 7) is 5.30. The molecule has 0 N–H and O–H groups in total. The Bertz CT molecular complexity index is 518. The zero-order chi connectivity index (χ0) is 14.2. The third kappa shape index (κ3) is 4.24. The molecule has 2 aromatic rings. The highest BCUT2D eigenvalue weighted by molar-refractivity contribution is 5.88. The molecule has 108 valence electrons. The van der Waals surface area contributed by atoms with Crippen LogP contribution in [-0.2, 0) is 0 Å². The maximum Gasteiger partial charge on any atom is 0.127 e. The van der Waals surface area contributed by atoms with Crippen molar-refractivity contribution in [3.05, 3.63) is 42.5 Å². The lowest BCUT2D eigenvalue weighted by molar-refractivity contribution is 0.262. The first-order chi connectivity index (χ1) is 9.81. The van der Waals surface area contributed by atoms with Crippen molar-refractivity contribution in [1.82, 2.24) is 4.90 Å². The molecular formula is C18H25NO. The number of unbranched alkanes of at least 4 members (excludes halogenated alkanes) is 1. The zero-order valence-corrected chi connectivity index (χ0v) is 12.6. The van der Waals surface area contributed by atoms with Gasteiger partial charge in [0.2, 0.25) is 0 Å². The van der Waals surface area contributed by atoms with E-state index in [0.717, 1.165) is 25.3 Å². The van der Waals surface area contributed by atoms with Crippen molar-refractivity contribution in [3.8, 4) is 5.75 Å². The van der Waals surface area contributed by atoms with E-state index in [1.165, 1.54) is 30.2 Å². The lowest BCUT2D eigenvalue weighted by Gasteiger charge is -2.16. The molecular weight excluding hydrogens is 246 g/mol. The average Bonchev–Trinajstić information content (AvgIpc) is 2.49. The Kier molecular flexibility index (Phi) is 5.87. The van der Waals surface area contributed by atoms with E-state index < -0.39 is 0 Å². The van der Waals surface area contributed by atoms with Gasteiger partial charge in [0.15, 0.2) is 0 Å². The number of hydrogen-bond acceptors (Lipinski definition) is 2. The van der Waals surface area contributed by atoms with Crippen molar-refractivity contribution >= 4 is 10.8 Å². The Morgan fingerprint density at radius 1 is 0.950 bits per heavy atom. The molecule has 2 heteroatoms. The van der Waals surface area contributed by atoms with E-state index >= 15 is 0 Å². The highest BCUT2D eigenvalue weighted by Crippen LogP contribution is 2.25. The molecule has 20 heavy (non-hydrogen) atoms. The molecule has 0 aliphatic carbocycles. The van der Waals surface area contributed by atoms with Gasteiger partial charge < -0.3 is 9.64 Å². The molecule has 2 nitrogen and oxygen atoms in total. The molecule has 0 aliphatic rings. The monoisotopic (exact) mass is 271 g/mol. The Balaban J connectivity index is 1.81. The van der Waals surface area contributed by atoms with E-state index in [1.54, 1.807) is 0 Å². The van der Waals surface area contributed by atoms with Gasteiger partial charge in [-0.3, -0.25) is 0 Å². The first kappa shape index (κ1) is 14.9. The highest BCUT2D eigenvalue weighted by atomic mass is 16.5. The van der Waals surface area contributed by atoms with E-state index in [0.29, 0.717) is 0 Å². The van der Waals surface area contributed by atoms with Gasteiger partial charge in [-0.05, 0) is 37.9 Å². The average molecular weight is 271 g/mol. The molecule has 2 aromatic carbocycles. The molecule has 0 radical (unpaired) electrons. The maximum absolute atomic E-state index is 5.95. The predicted molar refractivity (Wildman–Crippen MR) is 86.5 cm³/mol. The predicted octanol–water partition coefficient (Wildman–Crippen LogP) is 4.34. The molecule has 2 rings (SSSR count). The van der Waals surface area contributed by atoms with Gasteiger partial charge in [0.05, 0.1) is 6.61 Å². The fourth-order valence-corrected chi connectivity index (χ4v) is 2.38. The number of nitrogens with zero attached hydrogens (tertiary/aromatic N) is 1. The fraction of sp³-hybridized carbons (Fsp3) is 0.444. The van der Waals surface area contributed by atoms with Gasteiger partial charge >= 0.3 is 0 Å². The van der Waals surface area contributed by atoms with Crippen LogP contribution in [0.5, 0.6) is 5.75 Å². The summed E-state index contributed by atoms with van der Waals surface area (Å²) in [6.07, 6.45) is 3.61. The smallest absolute Gasteiger partial charge is 0.127 e. The SMILES string of the molecule is CCCCN(C)CCCOc1cccc2ccccc12. The van der Waals surface area contributed by atoms with E-state index in [2.05, 4.69) is 61.3 Å². The van der Waals surface area contributed by atoms with Gasteiger partial charge in [0, 0.05) is 11.9 Å². The summed E-state index contributed by atoms with van der Waals surface area (Å²) in [4.78, 5) is 2.38. The lowest BCUT2D eigenvalue weighted by atomic mass is 10.1. The quantitative estimate of drug-likeness (QED) is 0.662. The van der Waals surface area contributed by atoms with Gasteiger partial charge in [-0.1, -0.05) is 49.7 Å². The molecule has 0 aromatic heterocycles. The topological polar surface area (TPSA) is 12.5 Å². The van der Waals surface area contributed by atoms with Crippen molar-refractivity contribution in [1.29, 1.82) is 0 Å².